The molecule has 0 N–H and O–H groups in total. The van der Waals surface area contributed by atoms with Gasteiger partial charge in [-0.3, -0.25) is 4.57 Å². The molecule has 0 fully saturated rings. The van der Waals surface area contributed by atoms with Crippen molar-refractivity contribution < 1.29 is 9.53 Å². The van der Waals surface area contributed by atoms with Crippen LogP contribution in [0.15, 0.2) is 24.4 Å². The van der Waals surface area contributed by atoms with Crippen LogP contribution in [0.3, 0.4) is 0 Å². The Kier molecular flexibility index (Phi) is 2.93. The van der Waals surface area contributed by atoms with Gasteiger partial charge in [-0.15, -0.1) is 0 Å². The lowest BCUT2D eigenvalue weighted by molar-refractivity contribution is 0.0544. The monoisotopic (exact) mass is 245 g/mol. The van der Waals surface area contributed by atoms with Crippen molar-refractivity contribution in [2.45, 2.75) is 40.2 Å². The van der Waals surface area contributed by atoms with E-state index < -0.39 is 5.60 Å². The van der Waals surface area contributed by atoms with Gasteiger partial charge < -0.3 is 4.74 Å². The summed E-state index contributed by atoms with van der Waals surface area (Å²) in [6, 6.07) is 5.95. The molecule has 1 aromatic heterocycles. The maximum atomic E-state index is 12.1. The van der Waals surface area contributed by atoms with Crippen LogP contribution in [-0.4, -0.2) is 16.3 Å². The summed E-state index contributed by atoms with van der Waals surface area (Å²) >= 11 is 0. The number of carbonyl (C=O) groups is 1. The minimum Gasteiger partial charge on any atom is -0.443 e. The van der Waals surface area contributed by atoms with E-state index in [0.29, 0.717) is 0 Å². The van der Waals surface area contributed by atoms with E-state index in [9.17, 15) is 4.79 Å². The first-order valence-electron chi connectivity index (χ1n) is 6.10. The molecule has 0 aliphatic rings. The fraction of sp³-hybridized carbons (Fsp3) is 0.400. The molecule has 96 valence electrons. The van der Waals surface area contributed by atoms with Crippen molar-refractivity contribution in [3.63, 3.8) is 0 Å². The number of rotatable bonds is 0. The van der Waals surface area contributed by atoms with E-state index in [2.05, 4.69) is 13.8 Å². The third-order valence-corrected chi connectivity index (χ3v) is 3.00. The lowest BCUT2D eigenvalue weighted by atomic mass is 10.1. The molecule has 2 rings (SSSR count). The smallest absolute Gasteiger partial charge is 0.418 e. The lowest BCUT2D eigenvalue weighted by Gasteiger charge is -2.19. The average molecular weight is 245 g/mol. The standard InChI is InChI=1S/C15H19NO2/c1-10-6-7-13-12(11(10)2)8-9-16(13)14(17)18-15(3,4)5/h6-9H,1-5H3. The van der Waals surface area contributed by atoms with Crippen LogP contribution in [0.25, 0.3) is 10.9 Å². The normalized spacial score (nSPS) is 11.8. The molecule has 18 heavy (non-hydrogen) atoms. The number of hydrogen-bond donors (Lipinski definition) is 0. The molecule has 1 heterocycles. The first kappa shape index (κ1) is 12.7. The number of ether oxygens (including phenoxy) is 1. The Morgan fingerprint density at radius 1 is 1.17 bits per heavy atom. The second kappa shape index (κ2) is 4.16. The number of aryl methyl sites for hydroxylation is 2. The van der Waals surface area contributed by atoms with Gasteiger partial charge in [-0.25, -0.2) is 4.79 Å². The highest BCUT2D eigenvalue weighted by Crippen LogP contribution is 2.23. The maximum Gasteiger partial charge on any atom is 0.418 e. The molecule has 3 heteroatoms. The molecule has 0 atom stereocenters. The number of benzene rings is 1. The zero-order valence-electron chi connectivity index (χ0n) is 11.6. The molecule has 0 bridgehead atoms. The average Bonchev–Trinajstić information content (AvgIpc) is 2.65. The van der Waals surface area contributed by atoms with Gasteiger partial charge in [0.05, 0.1) is 5.52 Å². The van der Waals surface area contributed by atoms with E-state index in [-0.39, 0.29) is 6.09 Å². The minimum absolute atomic E-state index is 0.333. The molecule has 0 saturated heterocycles. The zero-order chi connectivity index (χ0) is 13.5. The van der Waals surface area contributed by atoms with Gasteiger partial charge in [0.25, 0.3) is 0 Å². The van der Waals surface area contributed by atoms with E-state index in [0.717, 1.165) is 10.9 Å². The van der Waals surface area contributed by atoms with Crippen LogP contribution in [0.1, 0.15) is 31.9 Å². The van der Waals surface area contributed by atoms with Crippen molar-refractivity contribution in [1.82, 2.24) is 4.57 Å². The molecule has 1 aromatic carbocycles. The van der Waals surface area contributed by atoms with Crippen molar-refractivity contribution in [2.24, 2.45) is 0 Å². The molecule has 0 radical (unpaired) electrons. The van der Waals surface area contributed by atoms with Crippen LogP contribution < -0.4 is 0 Å². The van der Waals surface area contributed by atoms with Crippen molar-refractivity contribution in [3.8, 4) is 0 Å². The Morgan fingerprint density at radius 2 is 1.83 bits per heavy atom. The molecule has 0 saturated carbocycles. The molecule has 0 spiro atoms. The summed E-state index contributed by atoms with van der Waals surface area (Å²) < 4.78 is 6.95. The molecule has 2 aromatic rings. The van der Waals surface area contributed by atoms with Crippen LogP contribution in [0, 0.1) is 13.8 Å². The van der Waals surface area contributed by atoms with Gasteiger partial charge in [0.15, 0.2) is 0 Å². The Hall–Kier alpha value is -1.77. The third kappa shape index (κ3) is 2.26. The van der Waals surface area contributed by atoms with E-state index >= 15 is 0 Å². The fourth-order valence-electron chi connectivity index (χ4n) is 1.94. The predicted molar refractivity (Wildman–Crippen MR) is 73.0 cm³/mol. The van der Waals surface area contributed by atoms with Crippen LogP contribution in [0.4, 0.5) is 4.79 Å². The molecule has 3 nitrogen and oxygen atoms in total. The first-order chi connectivity index (χ1) is 8.29. The molecular weight excluding hydrogens is 226 g/mol. The van der Waals surface area contributed by atoms with Gasteiger partial charge in [0, 0.05) is 11.6 Å². The molecular formula is C15H19NO2. The third-order valence-electron chi connectivity index (χ3n) is 3.00. The first-order valence-corrected chi connectivity index (χ1v) is 6.10. The summed E-state index contributed by atoms with van der Waals surface area (Å²) in [7, 11) is 0. The number of aromatic nitrogens is 1. The van der Waals surface area contributed by atoms with Crippen LogP contribution in [0.5, 0.6) is 0 Å². The van der Waals surface area contributed by atoms with Gasteiger partial charge in [-0.1, -0.05) is 6.07 Å². The Labute approximate surface area is 107 Å². The number of nitrogens with zero attached hydrogens (tertiary/aromatic N) is 1. The summed E-state index contributed by atoms with van der Waals surface area (Å²) in [5, 5.41) is 1.10. The van der Waals surface area contributed by atoms with Gasteiger partial charge in [0.2, 0.25) is 0 Å². The molecule has 0 unspecified atom stereocenters. The van der Waals surface area contributed by atoms with Gasteiger partial charge in [-0.05, 0) is 57.9 Å². The Morgan fingerprint density at radius 3 is 2.44 bits per heavy atom. The summed E-state index contributed by atoms with van der Waals surface area (Å²) in [6.07, 6.45) is 1.44. The van der Waals surface area contributed by atoms with Gasteiger partial charge in [-0.2, -0.15) is 0 Å². The van der Waals surface area contributed by atoms with Crippen LogP contribution >= 0.6 is 0 Å². The highest BCUT2D eigenvalue weighted by Gasteiger charge is 2.19. The highest BCUT2D eigenvalue weighted by molar-refractivity contribution is 5.92. The predicted octanol–water partition coefficient (Wildman–Crippen LogP) is 4.04. The quantitative estimate of drug-likeness (QED) is 0.701. The SMILES string of the molecule is Cc1ccc2c(ccn2C(=O)OC(C)(C)C)c1C. The van der Waals surface area contributed by atoms with Crippen LogP contribution in [0.2, 0.25) is 0 Å². The number of carbonyl (C=O) groups excluding carboxylic acids is 1. The number of fused-ring (bicyclic) bond motifs is 1. The lowest BCUT2D eigenvalue weighted by Crippen LogP contribution is -2.26. The van der Waals surface area contributed by atoms with Gasteiger partial charge >= 0.3 is 6.09 Å². The summed E-state index contributed by atoms with van der Waals surface area (Å²) in [4.78, 5) is 12.1. The fourth-order valence-corrected chi connectivity index (χ4v) is 1.94. The molecule has 0 aliphatic heterocycles. The largest absolute Gasteiger partial charge is 0.443 e. The van der Waals surface area contributed by atoms with Crippen molar-refractivity contribution in [3.05, 3.63) is 35.5 Å². The van der Waals surface area contributed by atoms with E-state index in [4.69, 9.17) is 4.74 Å². The highest BCUT2D eigenvalue weighted by atomic mass is 16.6. The van der Waals surface area contributed by atoms with E-state index in [1.807, 2.05) is 39.0 Å². The van der Waals surface area contributed by atoms with Crippen molar-refractivity contribution in [2.75, 3.05) is 0 Å². The summed E-state index contributed by atoms with van der Waals surface area (Å²) in [6.45, 7) is 9.74. The molecule has 0 amide bonds. The minimum atomic E-state index is -0.479. The van der Waals surface area contributed by atoms with Crippen molar-refractivity contribution in [1.29, 1.82) is 0 Å². The van der Waals surface area contributed by atoms with E-state index in [1.54, 1.807) is 10.8 Å². The van der Waals surface area contributed by atoms with Gasteiger partial charge in [0.1, 0.15) is 5.60 Å². The molecule has 0 aliphatic carbocycles. The zero-order valence-corrected chi connectivity index (χ0v) is 11.6. The Balaban J connectivity index is 2.48. The Bertz CT molecular complexity index is 603. The topological polar surface area (TPSA) is 31.2 Å². The second-order valence-electron chi connectivity index (χ2n) is 5.61. The van der Waals surface area contributed by atoms with Crippen LogP contribution in [-0.2, 0) is 4.74 Å². The number of hydrogen-bond acceptors (Lipinski definition) is 2. The van der Waals surface area contributed by atoms with E-state index in [1.165, 1.54) is 11.1 Å². The maximum absolute atomic E-state index is 12.1. The second-order valence-corrected chi connectivity index (χ2v) is 5.61. The summed E-state index contributed by atoms with van der Waals surface area (Å²) in [5.41, 5.74) is 2.85. The summed E-state index contributed by atoms with van der Waals surface area (Å²) in [5.74, 6) is 0. The van der Waals surface area contributed by atoms with Crippen molar-refractivity contribution >= 4 is 17.0 Å².